The molecule has 10 nitrogen and oxygen atoms in total. The molecule has 0 amide bonds. The Kier molecular flexibility index (Phi) is 6.75. The molecule has 1 fully saturated rings. The second-order valence-corrected chi connectivity index (χ2v) is 9.73. The fourth-order valence-electron chi connectivity index (χ4n) is 5.13. The molecule has 1 aliphatic rings. The van der Waals surface area contributed by atoms with E-state index in [4.69, 9.17) is 22.6 Å². The summed E-state index contributed by atoms with van der Waals surface area (Å²) in [5.74, 6) is 1.98. The van der Waals surface area contributed by atoms with Crippen molar-refractivity contribution in [3.05, 3.63) is 95.9 Å². The number of nitrogens with one attached hydrogen (secondary N) is 1. The summed E-state index contributed by atoms with van der Waals surface area (Å²) in [5.41, 5.74) is 11.3. The largest absolute Gasteiger partial charge is 0.383 e. The van der Waals surface area contributed by atoms with Crippen LogP contribution in [0.25, 0.3) is 33.0 Å². The molecule has 0 unspecified atom stereocenters. The number of nitrogens with zero attached hydrogens (tertiary/aromatic N) is 8. The first-order valence-electron chi connectivity index (χ1n) is 13.0. The normalized spacial score (nSPS) is 14.1. The Morgan fingerprint density at radius 2 is 1.85 bits per heavy atom. The number of piperidine rings is 1. The van der Waals surface area contributed by atoms with E-state index in [1.807, 2.05) is 30.3 Å². The molecule has 0 bridgehead atoms. The number of anilines is 2. The fourth-order valence-corrected chi connectivity index (χ4v) is 5.13. The number of benzene rings is 2. The third kappa shape index (κ3) is 5.04. The first kappa shape index (κ1) is 25.0. The number of hydrogen-bond acceptors (Lipinski definition) is 8. The molecule has 0 atom stereocenters. The number of aromatic nitrogens is 5. The molecule has 0 spiro atoms. The van der Waals surface area contributed by atoms with Crippen LogP contribution >= 0.6 is 0 Å². The summed E-state index contributed by atoms with van der Waals surface area (Å²) in [6.45, 7) is 10.2. The van der Waals surface area contributed by atoms with Crippen molar-refractivity contribution in [2.75, 3.05) is 24.1 Å². The quantitative estimate of drug-likeness (QED) is 0.297. The average molecular weight is 527 g/mol. The lowest BCUT2D eigenvalue weighted by Crippen LogP contribution is -2.38. The van der Waals surface area contributed by atoms with Gasteiger partial charge in [-0.1, -0.05) is 18.2 Å². The molecule has 0 saturated carbocycles. The van der Waals surface area contributed by atoms with Gasteiger partial charge in [0.05, 0.1) is 23.2 Å². The van der Waals surface area contributed by atoms with E-state index in [2.05, 4.69) is 58.8 Å². The Hall–Kier alpha value is -5.32. The standard InChI is InChI=1S/C30H26N10/c1-33-22-6-9-26-25(17-22)37-30(24-3-2-13-35-29(24)32)40(26)23-7-4-20(5-8-23)19-39-15-11-21(12-16-39)36-27-10-14-34-28(18-31)38-27/h2-10,13-14,17,21H,11-12,15-16,19H2,(H2,32,35)(H,34,36,38). The zero-order valence-electron chi connectivity index (χ0n) is 21.7. The number of fused-ring (bicyclic) bond motifs is 1. The van der Waals surface area contributed by atoms with Crippen molar-refractivity contribution in [2.24, 2.45) is 0 Å². The van der Waals surface area contributed by atoms with E-state index in [9.17, 15) is 0 Å². The van der Waals surface area contributed by atoms with Crippen molar-refractivity contribution < 1.29 is 0 Å². The van der Waals surface area contributed by atoms with Gasteiger partial charge in [-0.25, -0.2) is 24.8 Å². The third-order valence-electron chi connectivity index (χ3n) is 7.14. The van der Waals surface area contributed by atoms with Crippen LogP contribution < -0.4 is 11.1 Å². The van der Waals surface area contributed by atoms with Crippen molar-refractivity contribution in [1.29, 1.82) is 5.26 Å². The van der Waals surface area contributed by atoms with Crippen LogP contribution in [0.4, 0.5) is 17.3 Å². The first-order chi connectivity index (χ1) is 19.6. The number of nitrogen functional groups attached to an aromatic ring is 1. The van der Waals surface area contributed by atoms with Crippen LogP contribution in [-0.4, -0.2) is 48.5 Å². The molecular formula is C30H26N10. The van der Waals surface area contributed by atoms with Gasteiger partial charge in [-0.15, -0.1) is 0 Å². The number of likely N-dealkylation sites (tertiary alicyclic amines) is 1. The minimum absolute atomic E-state index is 0.179. The minimum atomic E-state index is 0.179. The molecule has 196 valence electrons. The Labute approximate surface area is 231 Å². The number of hydrogen-bond donors (Lipinski definition) is 2. The van der Waals surface area contributed by atoms with E-state index < -0.39 is 0 Å². The molecule has 2 aromatic carbocycles. The molecule has 0 radical (unpaired) electrons. The minimum Gasteiger partial charge on any atom is -0.383 e. The zero-order chi connectivity index (χ0) is 27.5. The summed E-state index contributed by atoms with van der Waals surface area (Å²) >= 11 is 0. The van der Waals surface area contributed by atoms with Crippen LogP contribution in [0.2, 0.25) is 0 Å². The van der Waals surface area contributed by atoms with Gasteiger partial charge in [0.2, 0.25) is 5.82 Å². The third-order valence-corrected chi connectivity index (χ3v) is 7.14. The Morgan fingerprint density at radius 3 is 2.60 bits per heavy atom. The molecule has 3 N–H and O–H groups in total. The van der Waals surface area contributed by atoms with E-state index in [1.165, 1.54) is 5.56 Å². The fraction of sp³-hybridized carbons (Fsp3) is 0.200. The van der Waals surface area contributed by atoms with Crippen molar-refractivity contribution in [2.45, 2.75) is 25.4 Å². The predicted molar refractivity (Wildman–Crippen MR) is 154 cm³/mol. The van der Waals surface area contributed by atoms with Gasteiger partial charge in [-0.2, -0.15) is 5.26 Å². The molecule has 40 heavy (non-hydrogen) atoms. The molecule has 1 aliphatic heterocycles. The topological polar surface area (TPSA) is 126 Å². The van der Waals surface area contributed by atoms with Crippen molar-refractivity contribution in [3.8, 4) is 23.1 Å². The van der Waals surface area contributed by atoms with Crippen molar-refractivity contribution >= 4 is 28.4 Å². The number of pyridine rings is 1. The maximum Gasteiger partial charge on any atom is 0.234 e. The maximum absolute atomic E-state index is 9.03. The molecular weight excluding hydrogens is 500 g/mol. The molecule has 6 rings (SSSR count). The van der Waals surface area contributed by atoms with Gasteiger partial charge in [0.1, 0.15) is 23.5 Å². The van der Waals surface area contributed by atoms with Gasteiger partial charge >= 0.3 is 0 Å². The highest BCUT2D eigenvalue weighted by molar-refractivity contribution is 5.87. The summed E-state index contributed by atoms with van der Waals surface area (Å²) in [6, 6.07) is 21.9. The van der Waals surface area contributed by atoms with Gasteiger partial charge in [0.25, 0.3) is 0 Å². The zero-order valence-corrected chi connectivity index (χ0v) is 21.7. The number of imidazole rings is 1. The van der Waals surface area contributed by atoms with E-state index in [-0.39, 0.29) is 5.82 Å². The molecule has 5 aromatic rings. The highest BCUT2D eigenvalue weighted by Gasteiger charge is 2.21. The van der Waals surface area contributed by atoms with Crippen molar-refractivity contribution in [3.63, 3.8) is 0 Å². The van der Waals surface area contributed by atoms with E-state index in [0.717, 1.165) is 54.8 Å². The van der Waals surface area contributed by atoms with Crippen molar-refractivity contribution in [1.82, 2.24) is 29.4 Å². The summed E-state index contributed by atoms with van der Waals surface area (Å²) in [6.07, 6.45) is 5.26. The van der Waals surface area contributed by atoms with Gasteiger partial charge < -0.3 is 11.1 Å². The highest BCUT2D eigenvalue weighted by Crippen LogP contribution is 2.32. The van der Waals surface area contributed by atoms with E-state index >= 15 is 0 Å². The SMILES string of the molecule is [C-]#[N+]c1ccc2c(c1)nc(-c1cccnc1N)n2-c1ccc(CN2CCC(Nc3ccnc(C#N)n3)CC2)cc1. The molecule has 4 heterocycles. The average Bonchev–Trinajstić information content (AvgIpc) is 3.37. The van der Waals surface area contributed by atoms with Crippen LogP contribution in [0.15, 0.2) is 73.1 Å². The molecule has 1 saturated heterocycles. The Morgan fingerprint density at radius 1 is 1.02 bits per heavy atom. The number of nitrogens with two attached hydrogens (primary N) is 1. The molecule has 3 aromatic heterocycles. The Bertz CT molecular complexity index is 1750. The predicted octanol–water partition coefficient (Wildman–Crippen LogP) is 4.96. The van der Waals surface area contributed by atoms with Crippen LogP contribution in [0.3, 0.4) is 0 Å². The summed E-state index contributed by atoms with van der Waals surface area (Å²) < 4.78 is 2.07. The smallest absolute Gasteiger partial charge is 0.234 e. The first-order valence-corrected chi connectivity index (χ1v) is 13.0. The monoisotopic (exact) mass is 526 g/mol. The molecule has 0 aliphatic carbocycles. The second-order valence-electron chi connectivity index (χ2n) is 9.73. The van der Waals surface area contributed by atoms with Crippen LogP contribution in [0, 0.1) is 17.9 Å². The summed E-state index contributed by atoms with van der Waals surface area (Å²) in [7, 11) is 0. The summed E-state index contributed by atoms with van der Waals surface area (Å²) in [5, 5.41) is 12.5. The Balaban J connectivity index is 1.19. The molecule has 10 heteroatoms. The highest BCUT2D eigenvalue weighted by atomic mass is 15.2. The number of nitriles is 1. The van der Waals surface area contributed by atoms with Crippen LogP contribution in [0.5, 0.6) is 0 Å². The van der Waals surface area contributed by atoms with E-state index in [0.29, 0.717) is 29.2 Å². The lowest BCUT2D eigenvalue weighted by Gasteiger charge is -2.32. The van der Waals surface area contributed by atoms with Gasteiger partial charge in [0.15, 0.2) is 5.69 Å². The maximum atomic E-state index is 9.03. The second kappa shape index (κ2) is 10.8. The van der Waals surface area contributed by atoms with Gasteiger partial charge in [-0.3, -0.25) is 9.47 Å². The number of rotatable bonds is 6. The van der Waals surface area contributed by atoms with Crippen LogP contribution in [0.1, 0.15) is 24.2 Å². The van der Waals surface area contributed by atoms with Gasteiger partial charge in [-0.05, 0) is 60.9 Å². The van der Waals surface area contributed by atoms with E-state index in [1.54, 1.807) is 24.5 Å². The van der Waals surface area contributed by atoms with Crippen LogP contribution in [-0.2, 0) is 6.54 Å². The lowest BCUT2D eigenvalue weighted by atomic mass is 10.0. The lowest BCUT2D eigenvalue weighted by molar-refractivity contribution is 0.211. The van der Waals surface area contributed by atoms with Gasteiger partial charge in [0, 0.05) is 43.8 Å². The summed E-state index contributed by atoms with van der Waals surface area (Å²) in [4.78, 5) is 23.3.